The topological polar surface area (TPSA) is 55.8 Å². The molecule has 1 N–H and O–H groups in total. The molecule has 0 aliphatic heterocycles. The van der Waals surface area contributed by atoms with Gasteiger partial charge in [0, 0.05) is 11.1 Å². The first-order valence-electron chi connectivity index (χ1n) is 6.58. The average Bonchev–Trinajstić information content (AvgIpc) is 2.49. The predicted molar refractivity (Wildman–Crippen MR) is 79.7 cm³/mol. The fraction of sp³-hybridized carbons (Fsp3) is 0.235. The van der Waals surface area contributed by atoms with Crippen LogP contribution in [-0.2, 0) is 9.53 Å². The summed E-state index contributed by atoms with van der Waals surface area (Å²) in [5, 5.41) is 10.1. The third-order valence-electron chi connectivity index (χ3n) is 3.38. The summed E-state index contributed by atoms with van der Waals surface area (Å²) in [7, 11) is 2.88. The lowest BCUT2D eigenvalue weighted by Crippen LogP contribution is -2.17. The number of aryl methyl sites for hydroxylation is 1. The minimum atomic E-state index is -0.731. The van der Waals surface area contributed by atoms with Gasteiger partial charge in [0.2, 0.25) is 0 Å². The van der Waals surface area contributed by atoms with Crippen molar-refractivity contribution in [2.24, 2.45) is 0 Å². The number of phenolic OH excluding ortho intramolecular Hbond substituents is 1. The van der Waals surface area contributed by atoms with Crippen molar-refractivity contribution in [3.05, 3.63) is 59.2 Å². The van der Waals surface area contributed by atoms with Crippen molar-refractivity contribution in [2.45, 2.75) is 12.8 Å². The van der Waals surface area contributed by atoms with Crippen LogP contribution < -0.4 is 4.74 Å². The molecule has 2 aromatic carbocycles. The zero-order valence-electron chi connectivity index (χ0n) is 12.3. The number of aromatic hydroxyl groups is 1. The van der Waals surface area contributed by atoms with Crippen LogP contribution >= 0.6 is 0 Å². The van der Waals surface area contributed by atoms with Crippen molar-refractivity contribution in [1.29, 1.82) is 0 Å². The monoisotopic (exact) mass is 286 g/mol. The summed E-state index contributed by atoms with van der Waals surface area (Å²) < 4.78 is 10.3. The minimum absolute atomic E-state index is 0.0523. The number of para-hydroxylation sites is 1. The van der Waals surface area contributed by atoms with Crippen LogP contribution in [0.1, 0.15) is 22.6 Å². The van der Waals surface area contributed by atoms with Gasteiger partial charge in [-0.3, -0.25) is 4.79 Å². The molecule has 2 rings (SSSR count). The lowest BCUT2D eigenvalue weighted by Gasteiger charge is -2.19. The van der Waals surface area contributed by atoms with E-state index >= 15 is 0 Å². The molecule has 0 heterocycles. The van der Waals surface area contributed by atoms with Crippen molar-refractivity contribution >= 4 is 5.97 Å². The first-order valence-corrected chi connectivity index (χ1v) is 6.58. The molecule has 0 saturated carbocycles. The van der Waals surface area contributed by atoms with Crippen LogP contribution in [0.3, 0.4) is 0 Å². The molecular formula is C17H18O4. The van der Waals surface area contributed by atoms with Crippen LogP contribution in [0.15, 0.2) is 42.5 Å². The molecule has 0 amide bonds. The van der Waals surface area contributed by atoms with Crippen molar-refractivity contribution in [3.8, 4) is 11.5 Å². The fourth-order valence-electron chi connectivity index (χ4n) is 2.35. The Morgan fingerprint density at radius 2 is 1.81 bits per heavy atom. The first-order chi connectivity index (χ1) is 10.1. The summed E-state index contributed by atoms with van der Waals surface area (Å²) >= 11 is 0. The highest BCUT2D eigenvalue weighted by Gasteiger charge is 2.29. The highest BCUT2D eigenvalue weighted by molar-refractivity contribution is 5.84. The number of hydrogen-bond donors (Lipinski definition) is 1. The minimum Gasteiger partial charge on any atom is -0.508 e. The lowest BCUT2D eigenvalue weighted by molar-refractivity contribution is -0.141. The van der Waals surface area contributed by atoms with E-state index < -0.39 is 11.9 Å². The van der Waals surface area contributed by atoms with Crippen molar-refractivity contribution in [1.82, 2.24) is 0 Å². The summed E-state index contributed by atoms with van der Waals surface area (Å²) in [6.07, 6.45) is 0. The molecule has 1 atom stereocenters. The third-order valence-corrected chi connectivity index (χ3v) is 3.38. The largest absolute Gasteiger partial charge is 0.508 e. The SMILES string of the molecule is COC(=O)[C@H](c1ccccc1O)c1cc(C)ccc1OC. The number of carbonyl (C=O) groups excluding carboxylic acids is 1. The van der Waals surface area contributed by atoms with Gasteiger partial charge in [-0.05, 0) is 19.1 Å². The number of esters is 1. The molecule has 0 aliphatic carbocycles. The van der Waals surface area contributed by atoms with Gasteiger partial charge in [-0.1, -0.05) is 35.9 Å². The number of ether oxygens (including phenoxy) is 2. The molecule has 21 heavy (non-hydrogen) atoms. The highest BCUT2D eigenvalue weighted by Crippen LogP contribution is 2.37. The summed E-state index contributed by atoms with van der Waals surface area (Å²) in [6, 6.07) is 12.3. The molecule has 4 heteroatoms. The van der Waals surface area contributed by atoms with E-state index in [9.17, 15) is 9.90 Å². The molecular weight excluding hydrogens is 268 g/mol. The molecule has 0 fully saturated rings. The van der Waals surface area contributed by atoms with E-state index in [2.05, 4.69) is 0 Å². The van der Waals surface area contributed by atoms with Crippen LogP contribution in [0.25, 0.3) is 0 Å². The average molecular weight is 286 g/mol. The molecule has 0 aromatic heterocycles. The Kier molecular flexibility index (Phi) is 4.48. The van der Waals surface area contributed by atoms with E-state index in [-0.39, 0.29) is 5.75 Å². The van der Waals surface area contributed by atoms with Crippen LogP contribution in [0, 0.1) is 6.92 Å². The molecule has 0 saturated heterocycles. The Morgan fingerprint density at radius 3 is 2.43 bits per heavy atom. The third kappa shape index (κ3) is 2.99. The summed E-state index contributed by atoms with van der Waals surface area (Å²) in [5.74, 6) is -0.540. The molecule has 110 valence electrons. The number of benzene rings is 2. The van der Waals surface area contributed by atoms with E-state index in [0.29, 0.717) is 16.9 Å². The molecule has 0 unspecified atom stereocenters. The smallest absolute Gasteiger partial charge is 0.317 e. The van der Waals surface area contributed by atoms with Crippen molar-refractivity contribution < 1.29 is 19.4 Å². The van der Waals surface area contributed by atoms with Gasteiger partial charge in [-0.2, -0.15) is 0 Å². The number of rotatable bonds is 4. The van der Waals surface area contributed by atoms with Crippen LogP contribution in [0.4, 0.5) is 0 Å². The van der Waals surface area contributed by atoms with Gasteiger partial charge in [0.25, 0.3) is 0 Å². The van der Waals surface area contributed by atoms with Crippen molar-refractivity contribution in [3.63, 3.8) is 0 Å². The maximum absolute atomic E-state index is 12.3. The number of carbonyl (C=O) groups is 1. The van der Waals surface area contributed by atoms with E-state index in [0.717, 1.165) is 5.56 Å². The van der Waals surface area contributed by atoms with E-state index in [1.807, 2.05) is 19.1 Å². The highest BCUT2D eigenvalue weighted by atomic mass is 16.5. The Balaban J connectivity index is 2.65. The fourth-order valence-corrected chi connectivity index (χ4v) is 2.35. The quantitative estimate of drug-likeness (QED) is 0.878. The first kappa shape index (κ1) is 14.9. The second kappa shape index (κ2) is 6.31. The maximum Gasteiger partial charge on any atom is 0.317 e. The Bertz CT molecular complexity index is 649. The summed E-state index contributed by atoms with van der Waals surface area (Å²) in [4.78, 5) is 12.3. The zero-order valence-corrected chi connectivity index (χ0v) is 12.3. The predicted octanol–water partition coefficient (Wildman–Crippen LogP) is 3.01. The van der Waals surface area contributed by atoms with Gasteiger partial charge in [-0.15, -0.1) is 0 Å². The molecule has 0 spiro atoms. The second-order valence-corrected chi connectivity index (χ2v) is 4.76. The lowest BCUT2D eigenvalue weighted by atomic mass is 9.89. The zero-order chi connectivity index (χ0) is 15.4. The van der Waals surface area contributed by atoms with Gasteiger partial charge in [-0.25, -0.2) is 0 Å². The van der Waals surface area contributed by atoms with Crippen molar-refractivity contribution in [2.75, 3.05) is 14.2 Å². The van der Waals surface area contributed by atoms with E-state index in [1.165, 1.54) is 7.11 Å². The molecule has 0 aliphatic rings. The van der Waals surface area contributed by atoms with Gasteiger partial charge in [0.1, 0.15) is 17.4 Å². The molecule has 0 bridgehead atoms. The molecule has 0 radical (unpaired) electrons. The van der Waals surface area contributed by atoms with Crippen LogP contribution in [0.2, 0.25) is 0 Å². The Morgan fingerprint density at radius 1 is 1.10 bits per heavy atom. The number of hydrogen-bond acceptors (Lipinski definition) is 4. The number of phenols is 1. The number of methoxy groups -OCH3 is 2. The van der Waals surface area contributed by atoms with Gasteiger partial charge >= 0.3 is 5.97 Å². The van der Waals surface area contributed by atoms with E-state index in [1.54, 1.807) is 37.4 Å². The second-order valence-electron chi connectivity index (χ2n) is 4.76. The molecule has 2 aromatic rings. The summed E-state index contributed by atoms with van der Waals surface area (Å²) in [5.41, 5.74) is 2.16. The summed E-state index contributed by atoms with van der Waals surface area (Å²) in [6.45, 7) is 1.93. The van der Waals surface area contributed by atoms with Crippen LogP contribution in [-0.4, -0.2) is 25.3 Å². The Hall–Kier alpha value is -2.49. The Labute approximate surface area is 123 Å². The van der Waals surface area contributed by atoms with Gasteiger partial charge in [0.15, 0.2) is 0 Å². The van der Waals surface area contributed by atoms with Crippen LogP contribution in [0.5, 0.6) is 11.5 Å². The van der Waals surface area contributed by atoms with Gasteiger partial charge < -0.3 is 14.6 Å². The maximum atomic E-state index is 12.3. The van der Waals surface area contributed by atoms with E-state index in [4.69, 9.17) is 9.47 Å². The molecule has 4 nitrogen and oxygen atoms in total. The standard InChI is InChI=1S/C17H18O4/c1-11-8-9-15(20-2)13(10-11)16(17(19)21-3)12-6-4-5-7-14(12)18/h4-10,16,18H,1-3H3/t16-/m1/s1. The van der Waals surface area contributed by atoms with Gasteiger partial charge in [0.05, 0.1) is 14.2 Å². The normalized spacial score (nSPS) is 11.8.